The summed E-state index contributed by atoms with van der Waals surface area (Å²) in [5.41, 5.74) is 7.43. The van der Waals surface area contributed by atoms with Crippen molar-refractivity contribution in [3.05, 3.63) is 17.6 Å². The van der Waals surface area contributed by atoms with Crippen LogP contribution in [0.2, 0.25) is 0 Å². The van der Waals surface area contributed by atoms with Crippen molar-refractivity contribution in [2.75, 3.05) is 6.54 Å². The minimum atomic E-state index is 0.166. The first-order chi connectivity index (χ1) is 7.85. The molecule has 5 nitrogen and oxygen atoms in total. The lowest BCUT2D eigenvalue weighted by Crippen LogP contribution is -2.12. The van der Waals surface area contributed by atoms with E-state index in [4.69, 9.17) is 10.3 Å². The minimum absolute atomic E-state index is 0.166. The molecular formula is C10H14N4OS. The zero-order valence-electron chi connectivity index (χ0n) is 9.09. The van der Waals surface area contributed by atoms with Crippen LogP contribution in [-0.2, 0) is 0 Å². The Bertz CT molecular complexity index is 426. The zero-order valence-corrected chi connectivity index (χ0v) is 9.91. The van der Waals surface area contributed by atoms with E-state index in [1.807, 2.05) is 0 Å². The summed E-state index contributed by atoms with van der Waals surface area (Å²) < 4.78 is 5.23. The van der Waals surface area contributed by atoms with Crippen LogP contribution in [0.3, 0.4) is 0 Å². The highest BCUT2D eigenvalue weighted by molar-refractivity contribution is 7.13. The summed E-state index contributed by atoms with van der Waals surface area (Å²) in [4.78, 5) is 9.26. The largest absolute Gasteiger partial charge is 0.339 e. The van der Waals surface area contributed by atoms with Gasteiger partial charge in [-0.15, -0.1) is 11.3 Å². The fourth-order valence-electron chi connectivity index (χ4n) is 1.52. The van der Waals surface area contributed by atoms with Crippen LogP contribution >= 0.6 is 11.3 Å². The normalized spacial score (nSPS) is 12.9. The molecule has 6 heteroatoms. The van der Waals surface area contributed by atoms with Crippen molar-refractivity contribution < 1.29 is 4.52 Å². The molecule has 86 valence electrons. The molecule has 0 bridgehead atoms. The fourth-order valence-corrected chi connectivity index (χ4v) is 2.06. The van der Waals surface area contributed by atoms with Gasteiger partial charge in [0, 0.05) is 12.7 Å². The maximum atomic E-state index is 5.68. The van der Waals surface area contributed by atoms with Crippen molar-refractivity contribution in [1.29, 1.82) is 0 Å². The summed E-state index contributed by atoms with van der Waals surface area (Å²) >= 11 is 1.49. The van der Waals surface area contributed by atoms with Crippen LogP contribution < -0.4 is 5.73 Å². The average Bonchev–Trinajstić information content (AvgIpc) is 2.95. The van der Waals surface area contributed by atoms with E-state index < -0.39 is 0 Å². The molecule has 0 radical (unpaired) electrons. The molecule has 0 fully saturated rings. The molecule has 0 spiro atoms. The van der Waals surface area contributed by atoms with Gasteiger partial charge in [0.1, 0.15) is 0 Å². The Morgan fingerprint density at radius 2 is 2.44 bits per heavy atom. The van der Waals surface area contributed by atoms with Gasteiger partial charge in [-0.25, -0.2) is 0 Å². The van der Waals surface area contributed by atoms with Gasteiger partial charge in [-0.1, -0.05) is 18.5 Å². The van der Waals surface area contributed by atoms with Crippen LogP contribution in [0.1, 0.15) is 31.6 Å². The zero-order chi connectivity index (χ0) is 11.4. The number of hydrogen-bond acceptors (Lipinski definition) is 6. The van der Waals surface area contributed by atoms with E-state index in [0.717, 1.165) is 17.7 Å². The summed E-state index contributed by atoms with van der Waals surface area (Å²) in [6.45, 7) is 2.65. The molecule has 1 unspecified atom stereocenters. The monoisotopic (exact) mass is 238 g/mol. The summed E-state index contributed by atoms with van der Waals surface area (Å²) in [6.07, 6.45) is 3.76. The molecule has 2 heterocycles. The molecule has 2 aromatic heterocycles. The van der Waals surface area contributed by atoms with Crippen LogP contribution in [0.4, 0.5) is 0 Å². The van der Waals surface area contributed by atoms with E-state index in [1.54, 1.807) is 11.7 Å². The van der Waals surface area contributed by atoms with Gasteiger partial charge in [0.2, 0.25) is 11.7 Å². The number of aromatic nitrogens is 3. The van der Waals surface area contributed by atoms with E-state index in [2.05, 4.69) is 22.0 Å². The maximum Gasteiger partial charge on any atom is 0.231 e. The number of nitrogens with zero attached hydrogens (tertiary/aromatic N) is 3. The molecular weight excluding hydrogens is 224 g/mol. The molecule has 0 aliphatic rings. The molecule has 2 N–H and O–H groups in total. The lowest BCUT2D eigenvalue weighted by atomic mass is 10.0. The number of thiazole rings is 1. The second-order valence-electron chi connectivity index (χ2n) is 3.54. The number of hydrogen-bond donors (Lipinski definition) is 1. The van der Waals surface area contributed by atoms with Crippen molar-refractivity contribution in [2.45, 2.75) is 25.7 Å². The summed E-state index contributed by atoms with van der Waals surface area (Å²) in [7, 11) is 0. The molecule has 0 aliphatic carbocycles. The third-order valence-electron chi connectivity index (χ3n) is 2.37. The lowest BCUT2D eigenvalue weighted by molar-refractivity contribution is 0.347. The molecule has 1 atom stereocenters. The van der Waals surface area contributed by atoms with Crippen LogP contribution in [0.25, 0.3) is 10.7 Å². The standard InChI is InChI=1S/C10H14N4OS/c1-2-3-7(4-11)10-13-9(14-15-10)8-5-12-6-16-8/h5-7H,2-4,11H2,1H3. The van der Waals surface area contributed by atoms with E-state index in [1.165, 1.54) is 11.3 Å². The van der Waals surface area contributed by atoms with Gasteiger partial charge in [-0.05, 0) is 6.42 Å². The van der Waals surface area contributed by atoms with E-state index in [0.29, 0.717) is 18.3 Å². The summed E-state index contributed by atoms with van der Waals surface area (Å²) in [5, 5.41) is 3.94. The molecule has 0 aliphatic heterocycles. The quantitative estimate of drug-likeness (QED) is 0.862. The Morgan fingerprint density at radius 1 is 1.56 bits per heavy atom. The van der Waals surface area contributed by atoms with Gasteiger partial charge in [-0.2, -0.15) is 4.98 Å². The van der Waals surface area contributed by atoms with Crippen molar-refractivity contribution in [2.24, 2.45) is 5.73 Å². The molecule has 2 aromatic rings. The first-order valence-corrected chi connectivity index (χ1v) is 6.15. The Kier molecular flexibility index (Phi) is 3.63. The van der Waals surface area contributed by atoms with Gasteiger partial charge >= 0.3 is 0 Å². The Labute approximate surface area is 97.7 Å². The third kappa shape index (κ3) is 2.28. The third-order valence-corrected chi connectivity index (χ3v) is 3.13. The molecule has 0 saturated carbocycles. The smallest absolute Gasteiger partial charge is 0.231 e. The highest BCUT2D eigenvalue weighted by Gasteiger charge is 2.17. The Morgan fingerprint density at radius 3 is 3.06 bits per heavy atom. The summed E-state index contributed by atoms with van der Waals surface area (Å²) in [5.74, 6) is 1.40. The lowest BCUT2D eigenvalue weighted by Gasteiger charge is -2.06. The van der Waals surface area contributed by atoms with Crippen LogP contribution in [0.5, 0.6) is 0 Å². The first-order valence-electron chi connectivity index (χ1n) is 5.27. The topological polar surface area (TPSA) is 77.8 Å². The number of rotatable bonds is 5. The first kappa shape index (κ1) is 11.2. The van der Waals surface area contributed by atoms with Gasteiger partial charge in [0.15, 0.2) is 0 Å². The van der Waals surface area contributed by atoms with Crippen molar-refractivity contribution in [1.82, 2.24) is 15.1 Å². The molecule has 16 heavy (non-hydrogen) atoms. The van der Waals surface area contributed by atoms with Crippen molar-refractivity contribution in [3.63, 3.8) is 0 Å². The molecule has 0 aromatic carbocycles. The van der Waals surface area contributed by atoms with Gasteiger partial charge in [0.25, 0.3) is 0 Å². The molecule has 0 saturated heterocycles. The molecule has 2 rings (SSSR count). The average molecular weight is 238 g/mol. The van der Waals surface area contributed by atoms with Crippen LogP contribution in [0, 0.1) is 0 Å². The fraction of sp³-hybridized carbons (Fsp3) is 0.500. The Hall–Kier alpha value is -1.27. The van der Waals surface area contributed by atoms with Gasteiger partial charge in [0.05, 0.1) is 16.3 Å². The predicted molar refractivity (Wildman–Crippen MR) is 62.1 cm³/mol. The SMILES string of the molecule is CCCC(CN)c1nc(-c2cncs2)no1. The van der Waals surface area contributed by atoms with Gasteiger partial charge in [-0.3, -0.25) is 4.98 Å². The Balaban J connectivity index is 2.18. The second kappa shape index (κ2) is 5.18. The maximum absolute atomic E-state index is 5.68. The second-order valence-corrected chi connectivity index (χ2v) is 4.43. The highest BCUT2D eigenvalue weighted by atomic mass is 32.1. The van der Waals surface area contributed by atoms with Crippen LogP contribution in [-0.4, -0.2) is 21.7 Å². The van der Waals surface area contributed by atoms with Crippen molar-refractivity contribution >= 4 is 11.3 Å². The molecule has 0 amide bonds. The van der Waals surface area contributed by atoms with Crippen molar-refractivity contribution in [3.8, 4) is 10.7 Å². The van der Waals surface area contributed by atoms with Crippen LogP contribution in [0.15, 0.2) is 16.2 Å². The van der Waals surface area contributed by atoms with E-state index >= 15 is 0 Å². The predicted octanol–water partition coefficient (Wildman–Crippen LogP) is 2.04. The van der Waals surface area contributed by atoms with Gasteiger partial charge < -0.3 is 10.3 Å². The minimum Gasteiger partial charge on any atom is -0.339 e. The highest BCUT2D eigenvalue weighted by Crippen LogP contribution is 2.24. The summed E-state index contributed by atoms with van der Waals surface area (Å²) in [6, 6.07) is 0. The number of nitrogens with two attached hydrogens (primary N) is 1. The van der Waals surface area contributed by atoms with E-state index in [9.17, 15) is 0 Å². The van der Waals surface area contributed by atoms with E-state index in [-0.39, 0.29) is 5.92 Å².